The van der Waals surface area contributed by atoms with E-state index in [1.54, 1.807) is 11.3 Å². The predicted molar refractivity (Wildman–Crippen MR) is 53.5 cm³/mol. The Labute approximate surface area is 82.9 Å². The van der Waals surface area contributed by atoms with Crippen LogP contribution in [-0.2, 0) is 22.0 Å². The summed E-state index contributed by atoms with van der Waals surface area (Å²) < 4.78 is 11.1. The van der Waals surface area contributed by atoms with E-state index in [4.69, 9.17) is 5.11 Å². The van der Waals surface area contributed by atoms with Crippen molar-refractivity contribution in [2.45, 2.75) is 6.42 Å². The van der Waals surface area contributed by atoms with Crippen LogP contribution >= 0.6 is 11.3 Å². The Hall–Kier alpha value is -0.680. The summed E-state index contributed by atoms with van der Waals surface area (Å²) >= 11 is 1.59. The summed E-state index contributed by atoms with van der Waals surface area (Å²) in [6, 6.07) is 1.96. The molecule has 0 bridgehead atoms. The highest BCUT2D eigenvalue weighted by Gasteiger charge is 2.05. The van der Waals surface area contributed by atoms with E-state index in [2.05, 4.69) is 0 Å². The molecule has 0 aliphatic heterocycles. The fourth-order valence-electron chi connectivity index (χ4n) is 0.876. The lowest BCUT2D eigenvalue weighted by Crippen LogP contribution is -2.12. The molecule has 72 valence electrons. The minimum absolute atomic E-state index is 0.246. The predicted octanol–water partition coefficient (Wildman–Crippen LogP) is 1.12. The molecule has 1 aromatic rings. The van der Waals surface area contributed by atoms with Crippen LogP contribution in [0.4, 0.5) is 0 Å². The van der Waals surface area contributed by atoms with Crippen LogP contribution in [-0.4, -0.2) is 26.8 Å². The van der Waals surface area contributed by atoms with Crippen molar-refractivity contribution < 1.29 is 14.1 Å². The summed E-state index contributed by atoms with van der Waals surface area (Å²) in [5.41, 5.74) is 1.13. The van der Waals surface area contributed by atoms with E-state index in [1.165, 1.54) is 0 Å². The normalized spacial score (nSPS) is 12.6. The molecule has 0 saturated heterocycles. The minimum atomic E-state index is -1.23. The molecule has 0 aliphatic rings. The number of thiophene rings is 1. The first-order chi connectivity index (χ1) is 6.18. The first kappa shape index (κ1) is 10.4. The van der Waals surface area contributed by atoms with E-state index in [0.717, 1.165) is 5.56 Å². The Bertz CT molecular complexity index is 292. The van der Waals surface area contributed by atoms with Gasteiger partial charge < -0.3 is 5.11 Å². The van der Waals surface area contributed by atoms with Gasteiger partial charge in [0.15, 0.2) is 0 Å². The molecule has 0 amide bonds. The maximum atomic E-state index is 11.1. The molecule has 1 rings (SSSR count). The maximum Gasteiger partial charge on any atom is 0.316 e. The third kappa shape index (κ3) is 4.19. The Morgan fingerprint density at radius 2 is 2.38 bits per heavy atom. The van der Waals surface area contributed by atoms with Crippen LogP contribution in [0.3, 0.4) is 0 Å². The average Bonchev–Trinajstić information content (AvgIpc) is 2.51. The second-order valence-electron chi connectivity index (χ2n) is 2.56. The Morgan fingerprint density at radius 3 is 2.92 bits per heavy atom. The molecule has 5 heteroatoms. The lowest BCUT2D eigenvalue weighted by atomic mass is 10.3. The lowest BCUT2D eigenvalue weighted by molar-refractivity contribution is -0.133. The Balaban J connectivity index is 2.27. The number of aliphatic carboxylic acids is 1. The monoisotopic (exact) mass is 218 g/mol. The molecule has 0 aliphatic carbocycles. The third-order valence-corrected chi connectivity index (χ3v) is 3.44. The Kier molecular flexibility index (Phi) is 4.11. The van der Waals surface area contributed by atoms with Gasteiger partial charge in [0.2, 0.25) is 0 Å². The highest BCUT2D eigenvalue weighted by Crippen LogP contribution is 2.06. The van der Waals surface area contributed by atoms with E-state index in [-0.39, 0.29) is 5.75 Å². The SMILES string of the molecule is O=C(O)CS(=O)CCc1ccsc1. The molecular weight excluding hydrogens is 208 g/mol. The fourth-order valence-corrected chi connectivity index (χ4v) is 2.46. The number of carboxylic acids is 1. The highest BCUT2D eigenvalue weighted by atomic mass is 32.2. The second kappa shape index (κ2) is 5.14. The van der Waals surface area contributed by atoms with Crippen molar-refractivity contribution in [3.8, 4) is 0 Å². The van der Waals surface area contributed by atoms with Crippen molar-refractivity contribution in [1.29, 1.82) is 0 Å². The standard InChI is InChI=1S/C8H10O3S2/c9-8(10)6-13(11)4-2-7-1-3-12-5-7/h1,3,5H,2,4,6H2,(H,9,10). The van der Waals surface area contributed by atoms with E-state index in [1.807, 2.05) is 16.8 Å². The fraction of sp³-hybridized carbons (Fsp3) is 0.375. The van der Waals surface area contributed by atoms with Gasteiger partial charge in [-0.05, 0) is 28.8 Å². The van der Waals surface area contributed by atoms with E-state index in [9.17, 15) is 9.00 Å². The maximum absolute atomic E-state index is 11.1. The molecule has 1 unspecified atom stereocenters. The van der Waals surface area contributed by atoms with Gasteiger partial charge in [0, 0.05) is 16.6 Å². The molecule has 1 heterocycles. The molecule has 0 aromatic carbocycles. The van der Waals surface area contributed by atoms with Gasteiger partial charge in [0.05, 0.1) is 0 Å². The molecule has 0 spiro atoms. The van der Waals surface area contributed by atoms with Crippen LogP contribution in [0.5, 0.6) is 0 Å². The molecule has 0 fully saturated rings. The first-order valence-electron chi connectivity index (χ1n) is 3.76. The molecule has 1 atom stereocenters. The van der Waals surface area contributed by atoms with Gasteiger partial charge in [0.25, 0.3) is 0 Å². The van der Waals surface area contributed by atoms with Gasteiger partial charge in [-0.1, -0.05) is 0 Å². The molecule has 1 aromatic heterocycles. The number of carboxylic acid groups (broad SMARTS) is 1. The topological polar surface area (TPSA) is 54.4 Å². The quantitative estimate of drug-likeness (QED) is 0.806. The minimum Gasteiger partial charge on any atom is -0.481 e. The van der Waals surface area contributed by atoms with Gasteiger partial charge in [0.1, 0.15) is 5.75 Å². The third-order valence-electron chi connectivity index (χ3n) is 1.48. The number of carbonyl (C=O) groups is 1. The van der Waals surface area contributed by atoms with Crippen molar-refractivity contribution >= 4 is 28.1 Å². The molecule has 3 nitrogen and oxygen atoms in total. The second-order valence-corrected chi connectivity index (χ2v) is 4.92. The number of rotatable bonds is 5. The summed E-state index contributed by atoms with van der Waals surface area (Å²) in [4.78, 5) is 10.2. The summed E-state index contributed by atoms with van der Waals surface area (Å²) in [6.07, 6.45) is 0.698. The van der Waals surface area contributed by atoms with E-state index >= 15 is 0 Å². The van der Waals surface area contributed by atoms with Crippen molar-refractivity contribution in [2.24, 2.45) is 0 Å². The van der Waals surface area contributed by atoms with Crippen LogP contribution in [0, 0.1) is 0 Å². The van der Waals surface area contributed by atoms with Crippen LogP contribution in [0.2, 0.25) is 0 Å². The van der Waals surface area contributed by atoms with Gasteiger partial charge >= 0.3 is 5.97 Å². The molecule has 0 radical (unpaired) electrons. The van der Waals surface area contributed by atoms with E-state index < -0.39 is 16.8 Å². The van der Waals surface area contributed by atoms with Gasteiger partial charge in [-0.25, -0.2) is 0 Å². The smallest absolute Gasteiger partial charge is 0.316 e. The summed E-state index contributed by atoms with van der Waals surface area (Å²) in [5.74, 6) is -0.809. The summed E-state index contributed by atoms with van der Waals surface area (Å²) in [5, 5.41) is 12.3. The average molecular weight is 218 g/mol. The zero-order chi connectivity index (χ0) is 9.68. The first-order valence-corrected chi connectivity index (χ1v) is 6.19. The number of aryl methyl sites for hydroxylation is 1. The lowest BCUT2D eigenvalue weighted by Gasteiger charge is -1.96. The number of hydrogen-bond donors (Lipinski definition) is 1. The molecular formula is C8H10O3S2. The zero-order valence-corrected chi connectivity index (χ0v) is 8.57. The molecule has 1 N–H and O–H groups in total. The van der Waals surface area contributed by atoms with Crippen molar-refractivity contribution in [2.75, 3.05) is 11.5 Å². The Morgan fingerprint density at radius 1 is 1.62 bits per heavy atom. The summed E-state index contributed by atoms with van der Waals surface area (Å²) in [7, 11) is -1.23. The van der Waals surface area contributed by atoms with Gasteiger partial charge in [-0.15, -0.1) is 0 Å². The molecule has 0 saturated carbocycles. The van der Waals surface area contributed by atoms with Gasteiger partial charge in [-0.2, -0.15) is 11.3 Å². The van der Waals surface area contributed by atoms with E-state index in [0.29, 0.717) is 12.2 Å². The summed E-state index contributed by atoms with van der Waals surface area (Å²) in [6.45, 7) is 0. The van der Waals surface area contributed by atoms with Crippen molar-refractivity contribution in [1.82, 2.24) is 0 Å². The van der Waals surface area contributed by atoms with Crippen LogP contribution < -0.4 is 0 Å². The number of hydrogen-bond acceptors (Lipinski definition) is 3. The van der Waals surface area contributed by atoms with Crippen molar-refractivity contribution in [3.63, 3.8) is 0 Å². The van der Waals surface area contributed by atoms with Gasteiger partial charge in [-0.3, -0.25) is 9.00 Å². The zero-order valence-electron chi connectivity index (χ0n) is 6.93. The van der Waals surface area contributed by atoms with Crippen LogP contribution in [0.15, 0.2) is 16.8 Å². The van der Waals surface area contributed by atoms with Crippen molar-refractivity contribution in [3.05, 3.63) is 22.4 Å². The largest absolute Gasteiger partial charge is 0.481 e. The highest BCUT2D eigenvalue weighted by molar-refractivity contribution is 7.85. The van der Waals surface area contributed by atoms with Crippen LogP contribution in [0.1, 0.15) is 5.56 Å². The molecule has 13 heavy (non-hydrogen) atoms. The van der Waals surface area contributed by atoms with Crippen LogP contribution in [0.25, 0.3) is 0 Å².